The van der Waals surface area contributed by atoms with Crippen LogP contribution in [0.4, 0.5) is 0 Å². The maximum Gasteiger partial charge on any atom is 0.200 e. The van der Waals surface area contributed by atoms with Crippen LogP contribution in [0.1, 0.15) is 34.7 Å². The zero-order valence-electron chi connectivity index (χ0n) is 15.0. The Morgan fingerprint density at radius 1 is 1.00 bits per heavy atom. The van der Waals surface area contributed by atoms with Crippen molar-refractivity contribution in [3.63, 3.8) is 0 Å². The molecule has 2 atom stereocenters. The van der Waals surface area contributed by atoms with Crippen LogP contribution in [0, 0.1) is 0 Å². The van der Waals surface area contributed by atoms with Gasteiger partial charge in [0.15, 0.2) is 11.6 Å². The Labute approximate surface area is 185 Å². The molecule has 29 heavy (non-hydrogen) atoms. The van der Waals surface area contributed by atoms with E-state index in [0.29, 0.717) is 62.1 Å². The quantitative estimate of drug-likeness (QED) is 0.551. The van der Waals surface area contributed by atoms with Crippen molar-refractivity contribution in [1.82, 2.24) is 0 Å². The molecular formula is C21H15Cl3O4S. The maximum atomic E-state index is 13.5. The highest BCUT2D eigenvalue weighted by atomic mass is 35.5. The van der Waals surface area contributed by atoms with Gasteiger partial charge in [-0.3, -0.25) is 4.79 Å². The highest BCUT2D eigenvalue weighted by molar-refractivity contribution is 7.89. The lowest BCUT2D eigenvalue weighted by molar-refractivity contribution is -0.135. The van der Waals surface area contributed by atoms with Crippen molar-refractivity contribution in [2.75, 3.05) is 13.2 Å². The van der Waals surface area contributed by atoms with E-state index in [0.717, 1.165) is 5.56 Å². The molecular weight excluding hydrogens is 455 g/mol. The van der Waals surface area contributed by atoms with E-state index in [4.69, 9.17) is 44.3 Å². The summed E-state index contributed by atoms with van der Waals surface area (Å²) in [4.78, 5) is 14.4. The van der Waals surface area contributed by atoms with E-state index in [2.05, 4.69) is 0 Å². The summed E-state index contributed by atoms with van der Waals surface area (Å²) in [5.41, 5.74) is 1.56. The Morgan fingerprint density at radius 2 is 1.69 bits per heavy atom. The minimum absolute atomic E-state index is 0.123. The Balaban J connectivity index is 1.67. The molecule has 0 aromatic heterocycles. The first kappa shape index (κ1) is 19.7. The van der Waals surface area contributed by atoms with Gasteiger partial charge < -0.3 is 9.47 Å². The summed E-state index contributed by atoms with van der Waals surface area (Å²) in [5.74, 6) is -1.59. The second-order valence-corrected chi connectivity index (χ2v) is 10.0. The van der Waals surface area contributed by atoms with Crippen LogP contribution in [0.3, 0.4) is 0 Å². The fraction of sp³-hybridized carbons (Fsp3) is 0.286. The molecule has 2 heterocycles. The smallest absolute Gasteiger partial charge is 0.200 e. The summed E-state index contributed by atoms with van der Waals surface area (Å²) in [7, 11) is -1.52. The lowest BCUT2D eigenvalue weighted by Gasteiger charge is -2.41. The number of hydrogen-bond acceptors (Lipinski definition) is 4. The highest BCUT2D eigenvalue weighted by Crippen LogP contribution is 2.52. The van der Waals surface area contributed by atoms with Crippen molar-refractivity contribution >= 4 is 51.4 Å². The van der Waals surface area contributed by atoms with E-state index < -0.39 is 16.6 Å². The lowest BCUT2D eigenvalue weighted by atomic mass is 9.78. The topological polar surface area (TPSA) is 52.6 Å². The molecule has 5 rings (SSSR count). The van der Waals surface area contributed by atoms with Crippen molar-refractivity contribution in [1.29, 1.82) is 0 Å². The molecule has 0 bridgehead atoms. The maximum absolute atomic E-state index is 13.5. The van der Waals surface area contributed by atoms with Gasteiger partial charge in [0.2, 0.25) is 0 Å². The number of ether oxygens (including phenoxy) is 2. The van der Waals surface area contributed by atoms with Crippen LogP contribution in [-0.2, 0) is 20.3 Å². The third-order valence-corrected chi connectivity index (χ3v) is 7.97. The fourth-order valence-electron chi connectivity index (χ4n) is 4.38. The third-order valence-electron chi connectivity index (χ3n) is 5.60. The largest absolute Gasteiger partial charge is 0.343 e. The van der Waals surface area contributed by atoms with Crippen LogP contribution >= 0.6 is 34.8 Å². The van der Waals surface area contributed by atoms with E-state index in [1.807, 2.05) is 6.07 Å². The van der Waals surface area contributed by atoms with Gasteiger partial charge in [-0.25, -0.2) is 4.21 Å². The van der Waals surface area contributed by atoms with E-state index in [1.165, 1.54) is 0 Å². The summed E-state index contributed by atoms with van der Waals surface area (Å²) < 4.78 is 25.4. The Hall–Kier alpha value is -1.21. The second kappa shape index (κ2) is 7.19. The van der Waals surface area contributed by atoms with Crippen molar-refractivity contribution in [3.8, 4) is 0 Å². The molecule has 1 spiro atoms. The van der Waals surface area contributed by atoms with Crippen molar-refractivity contribution in [2.24, 2.45) is 0 Å². The summed E-state index contributed by atoms with van der Waals surface area (Å²) in [6.45, 7) is 0.723. The first-order valence-corrected chi connectivity index (χ1v) is 11.4. The first-order valence-electron chi connectivity index (χ1n) is 9.12. The van der Waals surface area contributed by atoms with Crippen molar-refractivity contribution in [2.45, 2.75) is 29.4 Å². The predicted molar refractivity (Wildman–Crippen MR) is 112 cm³/mol. The second-order valence-electron chi connectivity index (χ2n) is 7.26. The first-order chi connectivity index (χ1) is 13.9. The SMILES string of the molecule is O=C1C2=C(CC(c3ccc(Cl)cc3Cl)CC23OCCO3)S(=O)c2ccc(Cl)cc21. The standard InChI is InChI=1S/C21H15Cl3O4S/c22-12-2-4-17-15(8-12)20(25)19-18(29(17)26)7-11(10-21(19)27-5-6-28-21)14-3-1-13(23)9-16(14)24/h1-4,8-9,11H,5-7,10H2. The van der Waals surface area contributed by atoms with E-state index in [1.54, 1.807) is 30.3 Å². The summed E-state index contributed by atoms with van der Waals surface area (Å²) >= 11 is 18.6. The van der Waals surface area contributed by atoms with E-state index >= 15 is 0 Å². The molecule has 3 aliphatic rings. The summed E-state index contributed by atoms with van der Waals surface area (Å²) in [6.07, 6.45) is 0.831. The van der Waals surface area contributed by atoms with Gasteiger partial charge in [0, 0.05) is 32.0 Å². The highest BCUT2D eigenvalue weighted by Gasteiger charge is 2.53. The zero-order chi connectivity index (χ0) is 20.3. The van der Waals surface area contributed by atoms with Gasteiger partial charge in [-0.05, 0) is 48.2 Å². The molecule has 1 fully saturated rings. The van der Waals surface area contributed by atoms with Crippen LogP contribution in [0.2, 0.25) is 15.1 Å². The van der Waals surface area contributed by atoms with Crippen LogP contribution in [0.25, 0.3) is 0 Å². The molecule has 0 radical (unpaired) electrons. The number of carbonyl (C=O) groups excluding carboxylic acids is 1. The van der Waals surface area contributed by atoms with Crippen LogP contribution < -0.4 is 0 Å². The van der Waals surface area contributed by atoms with Crippen LogP contribution in [0.15, 0.2) is 51.8 Å². The molecule has 2 aromatic rings. The predicted octanol–water partition coefficient (Wildman–Crippen LogP) is 5.53. The zero-order valence-corrected chi connectivity index (χ0v) is 18.1. The molecule has 1 aliphatic carbocycles. The number of allylic oxidation sites excluding steroid dienone is 1. The molecule has 2 unspecified atom stereocenters. The van der Waals surface area contributed by atoms with Gasteiger partial charge in [-0.15, -0.1) is 0 Å². The number of Topliss-reactive ketones (excluding diaryl/α,β-unsaturated/α-hetero) is 1. The normalized spacial score (nSPS) is 25.3. The minimum atomic E-state index is -1.52. The number of rotatable bonds is 1. The van der Waals surface area contributed by atoms with Gasteiger partial charge in [-0.1, -0.05) is 40.9 Å². The lowest BCUT2D eigenvalue weighted by Crippen LogP contribution is -2.44. The molecule has 4 nitrogen and oxygen atoms in total. The number of carbonyl (C=O) groups is 1. The van der Waals surface area contributed by atoms with Gasteiger partial charge in [0.25, 0.3) is 0 Å². The monoisotopic (exact) mass is 468 g/mol. The molecule has 0 saturated carbocycles. The average molecular weight is 470 g/mol. The van der Waals surface area contributed by atoms with Gasteiger partial charge in [0.1, 0.15) is 0 Å². The van der Waals surface area contributed by atoms with Crippen molar-refractivity contribution < 1.29 is 18.5 Å². The number of hydrogen-bond donors (Lipinski definition) is 0. The molecule has 0 amide bonds. The number of halogens is 3. The molecule has 2 aliphatic heterocycles. The molecule has 8 heteroatoms. The fourth-order valence-corrected chi connectivity index (χ4v) is 6.71. The number of ketones is 1. The van der Waals surface area contributed by atoms with Crippen LogP contribution in [-0.4, -0.2) is 29.0 Å². The molecule has 2 aromatic carbocycles. The summed E-state index contributed by atoms with van der Waals surface area (Å²) in [6, 6.07) is 10.2. The third kappa shape index (κ3) is 3.11. The Kier molecular flexibility index (Phi) is 4.89. The average Bonchev–Trinajstić information content (AvgIpc) is 3.14. The van der Waals surface area contributed by atoms with Gasteiger partial charge >= 0.3 is 0 Å². The minimum Gasteiger partial charge on any atom is -0.343 e. The van der Waals surface area contributed by atoms with Gasteiger partial charge in [-0.2, -0.15) is 0 Å². The van der Waals surface area contributed by atoms with E-state index in [9.17, 15) is 9.00 Å². The Bertz CT molecular complexity index is 1110. The van der Waals surface area contributed by atoms with Crippen molar-refractivity contribution in [3.05, 3.63) is 73.1 Å². The number of benzene rings is 2. The van der Waals surface area contributed by atoms with E-state index in [-0.39, 0.29) is 11.7 Å². The number of fused-ring (bicyclic) bond motifs is 2. The van der Waals surface area contributed by atoms with Gasteiger partial charge in [0.05, 0.1) is 34.5 Å². The van der Waals surface area contributed by atoms with Crippen LogP contribution in [0.5, 0.6) is 0 Å². The molecule has 150 valence electrons. The molecule has 0 N–H and O–H groups in total. The Morgan fingerprint density at radius 3 is 2.41 bits per heavy atom. The summed E-state index contributed by atoms with van der Waals surface area (Å²) in [5, 5.41) is 1.49. The molecule has 1 saturated heterocycles.